The summed E-state index contributed by atoms with van der Waals surface area (Å²) < 4.78 is 45.1. The van der Waals surface area contributed by atoms with Crippen LogP contribution in [0.5, 0.6) is 17.2 Å². The lowest BCUT2D eigenvalue weighted by Gasteiger charge is -2.25. The molecule has 0 bridgehead atoms. The van der Waals surface area contributed by atoms with E-state index in [-0.39, 0.29) is 10.6 Å². The van der Waals surface area contributed by atoms with Gasteiger partial charge in [-0.25, -0.2) is 13.8 Å². The molecule has 0 fully saturated rings. The number of carbonyl (C=O) groups is 1. The Kier molecular flexibility index (Phi) is 9.95. The number of hydrogen-bond donors (Lipinski definition) is 1. The van der Waals surface area contributed by atoms with E-state index in [0.717, 1.165) is 9.87 Å². The SMILES string of the molecule is CCOc1cc(/C=N/NC(=O)CN(c2ccccc2OC)S(=O)(=O)c2ccccc2)ccc1OCc1ccccc1. The Labute approximate surface area is 240 Å². The molecule has 4 aromatic rings. The summed E-state index contributed by atoms with van der Waals surface area (Å²) >= 11 is 0. The van der Waals surface area contributed by atoms with Gasteiger partial charge >= 0.3 is 0 Å². The van der Waals surface area contributed by atoms with Crippen molar-refractivity contribution in [1.82, 2.24) is 5.43 Å². The number of nitrogens with zero attached hydrogens (tertiary/aromatic N) is 2. The second-order valence-corrected chi connectivity index (χ2v) is 10.6. The Morgan fingerprint density at radius 2 is 1.54 bits per heavy atom. The van der Waals surface area contributed by atoms with Crippen molar-refractivity contribution in [3.05, 3.63) is 114 Å². The van der Waals surface area contributed by atoms with Gasteiger partial charge in [0.15, 0.2) is 11.5 Å². The molecule has 0 saturated carbocycles. The van der Waals surface area contributed by atoms with Crippen molar-refractivity contribution in [3.8, 4) is 17.2 Å². The predicted molar refractivity (Wildman–Crippen MR) is 158 cm³/mol. The van der Waals surface area contributed by atoms with E-state index in [1.54, 1.807) is 60.7 Å². The van der Waals surface area contributed by atoms with Crippen molar-refractivity contribution in [2.45, 2.75) is 18.4 Å². The first kappa shape index (κ1) is 29.2. The van der Waals surface area contributed by atoms with E-state index in [2.05, 4.69) is 10.5 Å². The first-order valence-corrected chi connectivity index (χ1v) is 14.3. The molecule has 0 atom stereocenters. The average molecular weight is 574 g/mol. The molecule has 4 rings (SSSR count). The van der Waals surface area contributed by atoms with Crippen LogP contribution in [0, 0.1) is 0 Å². The molecule has 0 saturated heterocycles. The van der Waals surface area contributed by atoms with Gasteiger partial charge in [0, 0.05) is 0 Å². The predicted octanol–water partition coefficient (Wildman–Crippen LogP) is 5.02. The molecule has 10 heteroatoms. The number of nitrogens with one attached hydrogen (secondary N) is 1. The number of rotatable bonds is 13. The van der Waals surface area contributed by atoms with E-state index in [1.165, 1.54) is 25.5 Å². The van der Waals surface area contributed by atoms with E-state index >= 15 is 0 Å². The lowest BCUT2D eigenvalue weighted by Crippen LogP contribution is -2.39. The highest BCUT2D eigenvalue weighted by molar-refractivity contribution is 7.92. The Morgan fingerprint density at radius 1 is 0.854 bits per heavy atom. The van der Waals surface area contributed by atoms with Crippen LogP contribution in [0.15, 0.2) is 113 Å². The zero-order valence-electron chi connectivity index (χ0n) is 22.8. The minimum absolute atomic E-state index is 0.0419. The summed E-state index contributed by atoms with van der Waals surface area (Å²) in [4.78, 5) is 13.0. The fraction of sp³-hybridized carbons (Fsp3) is 0.161. The second-order valence-electron chi connectivity index (χ2n) is 8.70. The van der Waals surface area contributed by atoms with Crippen LogP contribution in [0.25, 0.3) is 0 Å². The summed E-state index contributed by atoms with van der Waals surface area (Å²) in [7, 11) is -2.66. The Morgan fingerprint density at radius 3 is 2.24 bits per heavy atom. The second kappa shape index (κ2) is 14.0. The Bertz CT molecular complexity index is 1580. The van der Waals surface area contributed by atoms with Crippen LogP contribution in [-0.2, 0) is 21.4 Å². The van der Waals surface area contributed by atoms with Crippen LogP contribution < -0.4 is 23.9 Å². The molecule has 0 radical (unpaired) electrons. The topological polar surface area (TPSA) is 107 Å². The normalized spacial score (nSPS) is 11.2. The minimum atomic E-state index is -4.09. The van der Waals surface area contributed by atoms with Crippen molar-refractivity contribution in [3.63, 3.8) is 0 Å². The lowest BCUT2D eigenvalue weighted by atomic mass is 10.2. The van der Waals surface area contributed by atoms with Gasteiger partial charge in [-0.05, 0) is 60.5 Å². The van der Waals surface area contributed by atoms with Gasteiger partial charge in [0.2, 0.25) is 0 Å². The zero-order valence-corrected chi connectivity index (χ0v) is 23.6. The molecule has 1 N–H and O–H groups in total. The molecule has 0 aliphatic carbocycles. The zero-order chi connectivity index (χ0) is 29.1. The van der Waals surface area contributed by atoms with E-state index in [0.29, 0.717) is 36.0 Å². The number of sulfonamides is 1. The number of hydrogen-bond acceptors (Lipinski definition) is 7. The molecular formula is C31H31N3O6S. The van der Waals surface area contributed by atoms with Gasteiger partial charge in [0.25, 0.3) is 15.9 Å². The van der Waals surface area contributed by atoms with Crippen LogP contribution in [0.4, 0.5) is 5.69 Å². The summed E-state index contributed by atoms with van der Waals surface area (Å²) in [6, 6.07) is 29.6. The number of anilines is 1. The van der Waals surface area contributed by atoms with Gasteiger partial charge in [-0.3, -0.25) is 9.10 Å². The first-order chi connectivity index (χ1) is 19.9. The van der Waals surface area contributed by atoms with Crippen molar-refractivity contribution in [2.75, 3.05) is 24.6 Å². The summed E-state index contributed by atoms with van der Waals surface area (Å²) in [5.41, 5.74) is 4.32. The summed E-state index contributed by atoms with van der Waals surface area (Å²) in [5, 5.41) is 4.04. The number of methoxy groups -OCH3 is 1. The fourth-order valence-corrected chi connectivity index (χ4v) is 5.38. The van der Waals surface area contributed by atoms with Crippen LogP contribution in [-0.4, -0.2) is 40.8 Å². The third kappa shape index (κ3) is 7.64. The van der Waals surface area contributed by atoms with E-state index < -0.39 is 22.5 Å². The minimum Gasteiger partial charge on any atom is -0.495 e. The smallest absolute Gasteiger partial charge is 0.264 e. The van der Waals surface area contributed by atoms with Crippen molar-refractivity contribution in [1.29, 1.82) is 0 Å². The molecule has 4 aromatic carbocycles. The number of para-hydroxylation sites is 2. The molecular weight excluding hydrogens is 542 g/mol. The highest BCUT2D eigenvalue weighted by Gasteiger charge is 2.29. The monoisotopic (exact) mass is 573 g/mol. The van der Waals surface area contributed by atoms with Gasteiger partial charge in [-0.2, -0.15) is 5.10 Å². The molecule has 9 nitrogen and oxygen atoms in total. The Balaban J connectivity index is 1.49. The van der Waals surface area contributed by atoms with Crippen LogP contribution in [0.2, 0.25) is 0 Å². The van der Waals surface area contributed by atoms with E-state index in [1.807, 2.05) is 37.3 Å². The number of hydrazone groups is 1. The maximum atomic E-state index is 13.5. The van der Waals surface area contributed by atoms with Crippen molar-refractivity contribution in [2.24, 2.45) is 5.10 Å². The third-order valence-electron chi connectivity index (χ3n) is 5.88. The summed E-state index contributed by atoms with van der Waals surface area (Å²) in [5.74, 6) is 0.784. The van der Waals surface area contributed by atoms with Crippen LogP contribution in [0.1, 0.15) is 18.1 Å². The molecule has 0 aliphatic rings. The molecule has 0 spiro atoms. The largest absolute Gasteiger partial charge is 0.495 e. The first-order valence-electron chi connectivity index (χ1n) is 12.9. The Hall–Kier alpha value is -4.83. The van der Waals surface area contributed by atoms with E-state index in [9.17, 15) is 13.2 Å². The standard InChI is InChI=1S/C31H31N3O6S/c1-3-39-30-20-25(18-19-29(30)40-23-24-12-6-4-7-13-24)21-32-33-31(35)22-34(27-16-10-11-17-28(27)38-2)41(36,37)26-14-8-5-9-15-26/h4-21H,3,22-23H2,1-2H3,(H,33,35)/b32-21+. The molecule has 0 unspecified atom stereocenters. The highest BCUT2D eigenvalue weighted by atomic mass is 32.2. The molecule has 1 amide bonds. The van der Waals surface area contributed by atoms with Gasteiger partial charge in [-0.1, -0.05) is 60.7 Å². The molecule has 0 heterocycles. The average Bonchev–Trinajstić information content (AvgIpc) is 3.00. The van der Waals surface area contributed by atoms with Gasteiger partial charge in [0.1, 0.15) is 18.9 Å². The van der Waals surface area contributed by atoms with Crippen LogP contribution >= 0.6 is 0 Å². The third-order valence-corrected chi connectivity index (χ3v) is 7.65. The van der Waals surface area contributed by atoms with Crippen LogP contribution in [0.3, 0.4) is 0 Å². The number of ether oxygens (including phenoxy) is 3. The molecule has 0 aromatic heterocycles. The van der Waals surface area contributed by atoms with Crippen molar-refractivity contribution < 1.29 is 27.4 Å². The lowest BCUT2D eigenvalue weighted by molar-refractivity contribution is -0.119. The number of amides is 1. The maximum Gasteiger partial charge on any atom is 0.264 e. The van der Waals surface area contributed by atoms with Gasteiger partial charge < -0.3 is 14.2 Å². The summed E-state index contributed by atoms with van der Waals surface area (Å²) in [6.45, 7) is 2.18. The quantitative estimate of drug-likeness (QED) is 0.178. The van der Waals surface area contributed by atoms with Gasteiger partial charge in [-0.15, -0.1) is 0 Å². The summed E-state index contributed by atoms with van der Waals surface area (Å²) in [6.07, 6.45) is 1.44. The highest BCUT2D eigenvalue weighted by Crippen LogP contribution is 2.32. The van der Waals surface area contributed by atoms with E-state index in [4.69, 9.17) is 14.2 Å². The molecule has 41 heavy (non-hydrogen) atoms. The molecule has 212 valence electrons. The van der Waals surface area contributed by atoms with Gasteiger partial charge in [0.05, 0.1) is 30.5 Å². The number of carbonyl (C=O) groups excluding carboxylic acids is 1. The molecule has 0 aliphatic heterocycles. The number of benzene rings is 4. The fourth-order valence-electron chi connectivity index (χ4n) is 3.93. The van der Waals surface area contributed by atoms with Crippen molar-refractivity contribution >= 4 is 27.8 Å². The maximum absolute atomic E-state index is 13.5.